The fourth-order valence-electron chi connectivity index (χ4n) is 2.83. The first kappa shape index (κ1) is 22.1. The van der Waals surface area contributed by atoms with E-state index in [0.29, 0.717) is 24.5 Å². The second kappa shape index (κ2) is 9.35. The van der Waals surface area contributed by atoms with Gasteiger partial charge in [0.05, 0.1) is 6.54 Å². The highest BCUT2D eigenvalue weighted by molar-refractivity contribution is 5.80. The van der Waals surface area contributed by atoms with Crippen LogP contribution in [0.3, 0.4) is 0 Å². The highest BCUT2D eigenvalue weighted by Gasteiger charge is 2.34. The van der Waals surface area contributed by atoms with Crippen LogP contribution >= 0.6 is 0 Å². The Labute approximate surface area is 158 Å². The topological polar surface area (TPSA) is 48.9 Å². The van der Waals surface area contributed by atoms with Gasteiger partial charge in [-0.15, -0.1) is 0 Å². The van der Waals surface area contributed by atoms with E-state index in [0.717, 1.165) is 0 Å². The quantitative estimate of drug-likeness (QED) is 0.429. The molecule has 1 fully saturated rings. The van der Waals surface area contributed by atoms with Gasteiger partial charge in [-0.25, -0.2) is 0 Å². The van der Waals surface area contributed by atoms with Gasteiger partial charge in [-0.05, 0) is 24.1 Å². The van der Waals surface area contributed by atoms with E-state index in [-0.39, 0.29) is 24.9 Å². The molecule has 1 unspecified atom stereocenters. The Morgan fingerprint density at radius 3 is 2.61 bits per heavy atom. The molecule has 2 rings (SSSR count). The summed E-state index contributed by atoms with van der Waals surface area (Å²) in [7, 11) is 1.53. The fraction of sp³-hybridized carbons (Fsp3) is 0.588. The lowest BCUT2D eigenvalue weighted by Gasteiger charge is -2.20. The average molecular weight is 412 g/mol. The van der Waals surface area contributed by atoms with Crippen molar-refractivity contribution in [2.24, 2.45) is 4.99 Å². The molecule has 1 aromatic rings. The molecule has 0 saturated carbocycles. The lowest BCUT2D eigenvalue weighted by atomic mass is 10.2. The summed E-state index contributed by atoms with van der Waals surface area (Å²) < 4.78 is 78.7. The number of alkyl halides is 6. The maximum atomic E-state index is 12.5. The molecular weight excluding hydrogens is 390 g/mol. The van der Waals surface area contributed by atoms with E-state index < -0.39 is 25.5 Å². The molecule has 1 aromatic carbocycles. The summed E-state index contributed by atoms with van der Waals surface area (Å²) in [6.07, 6.45) is -8.09. The number of halogens is 6. The minimum atomic E-state index is -4.42. The second-order valence-corrected chi connectivity index (χ2v) is 6.46. The van der Waals surface area contributed by atoms with E-state index in [1.165, 1.54) is 24.1 Å². The van der Waals surface area contributed by atoms with Gasteiger partial charge in [0.15, 0.2) is 12.6 Å². The molecule has 1 heterocycles. The van der Waals surface area contributed by atoms with Crippen LogP contribution in [-0.4, -0.2) is 62.5 Å². The molecule has 28 heavy (non-hydrogen) atoms. The van der Waals surface area contributed by atoms with Crippen LogP contribution in [0.2, 0.25) is 0 Å². The molecule has 0 radical (unpaired) electrons. The smallest absolute Gasteiger partial charge is 0.422 e. The van der Waals surface area contributed by atoms with E-state index in [2.05, 4.69) is 15.6 Å². The molecule has 0 spiro atoms. The van der Waals surface area contributed by atoms with Gasteiger partial charge in [0.1, 0.15) is 5.75 Å². The van der Waals surface area contributed by atoms with Crippen LogP contribution in [0.15, 0.2) is 29.3 Å². The summed E-state index contributed by atoms with van der Waals surface area (Å²) in [5, 5.41) is 6.06. The lowest BCUT2D eigenvalue weighted by molar-refractivity contribution is -0.153. The number of hydrogen-bond donors (Lipinski definition) is 2. The Kier molecular flexibility index (Phi) is 7.39. The van der Waals surface area contributed by atoms with Crippen molar-refractivity contribution in [2.45, 2.75) is 31.4 Å². The van der Waals surface area contributed by atoms with Crippen molar-refractivity contribution >= 4 is 5.96 Å². The molecule has 5 nitrogen and oxygen atoms in total. The maximum absolute atomic E-state index is 12.5. The molecule has 2 N–H and O–H groups in total. The summed E-state index contributed by atoms with van der Waals surface area (Å²) in [6.45, 7) is -1.46. The van der Waals surface area contributed by atoms with Gasteiger partial charge < -0.3 is 15.4 Å². The van der Waals surface area contributed by atoms with E-state index in [1.807, 2.05) is 0 Å². The number of nitrogens with one attached hydrogen (secondary N) is 2. The van der Waals surface area contributed by atoms with Gasteiger partial charge in [-0.1, -0.05) is 12.1 Å². The van der Waals surface area contributed by atoms with Crippen molar-refractivity contribution in [3.63, 3.8) is 0 Å². The molecule has 0 bridgehead atoms. The minimum absolute atomic E-state index is 0.0955. The van der Waals surface area contributed by atoms with Crippen LogP contribution in [0.4, 0.5) is 26.3 Å². The zero-order valence-electron chi connectivity index (χ0n) is 15.2. The number of hydrogen-bond acceptors (Lipinski definition) is 3. The predicted molar refractivity (Wildman–Crippen MR) is 92.2 cm³/mol. The number of benzene rings is 1. The monoisotopic (exact) mass is 412 g/mol. The SMILES string of the molecule is CN=C(NCc1cccc(OCC(F)(F)F)c1)NC1CCN(CC(F)(F)F)C1. The van der Waals surface area contributed by atoms with Crippen molar-refractivity contribution in [1.82, 2.24) is 15.5 Å². The van der Waals surface area contributed by atoms with Gasteiger partial charge in [0, 0.05) is 32.7 Å². The largest absolute Gasteiger partial charge is 0.484 e. The molecule has 1 aliphatic heterocycles. The van der Waals surface area contributed by atoms with Gasteiger partial charge in [0.2, 0.25) is 0 Å². The molecule has 11 heteroatoms. The normalized spacial score (nSPS) is 19.0. The Hall–Kier alpha value is -2.17. The molecule has 1 atom stereocenters. The third-order valence-corrected chi connectivity index (χ3v) is 4.00. The van der Waals surface area contributed by atoms with Gasteiger partial charge in [-0.2, -0.15) is 26.3 Å². The van der Waals surface area contributed by atoms with Crippen molar-refractivity contribution in [2.75, 3.05) is 33.3 Å². The third-order valence-electron chi connectivity index (χ3n) is 4.00. The van der Waals surface area contributed by atoms with Crippen molar-refractivity contribution in [3.05, 3.63) is 29.8 Å². The number of ether oxygens (including phenoxy) is 1. The summed E-state index contributed by atoms with van der Waals surface area (Å²) in [5.41, 5.74) is 0.674. The number of nitrogens with zero attached hydrogens (tertiary/aromatic N) is 2. The van der Waals surface area contributed by atoms with E-state index in [1.54, 1.807) is 12.1 Å². The van der Waals surface area contributed by atoms with E-state index in [9.17, 15) is 26.3 Å². The zero-order chi connectivity index (χ0) is 20.8. The Bertz CT molecular complexity index is 662. The van der Waals surface area contributed by atoms with Crippen LogP contribution < -0.4 is 15.4 Å². The van der Waals surface area contributed by atoms with Crippen LogP contribution in [-0.2, 0) is 6.54 Å². The van der Waals surface area contributed by atoms with Crippen molar-refractivity contribution in [1.29, 1.82) is 0 Å². The standard InChI is InChI=1S/C17H22F6N4O/c1-24-15(26-13-5-6-27(9-13)10-16(18,19)20)25-8-12-3-2-4-14(7-12)28-11-17(21,22)23/h2-4,7,13H,5-6,8-11H2,1H3,(H2,24,25,26). The summed E-state index contributed by atoms with van der Waals surface area (Å²) in [4.78, 5) is 5.36. The highest BCUT2D eigenvalue weighted by Crippen LogP contribution is 2.20. The molecule has 158 valence electrons. The molecular formula is C17H22F6N4O. The van der Waals surface area contributed by atoms with Crippen molar-refractivity contribution < 1.29 is 31.1 Å². The predicted octanol–water partition coefficient (Wildman–Crippen LogP) is 2.93. The molecule has 0 amide bonds. The molecule has 0 aromatic heterocycles. The summed E-state index contributed by atoms with van der Waals surface area (Å²) >= 11 is 0. The first-order valence-electron chi connectivity index (χ1n) is 8.59. The van der Waals surface area contributed by atoms with Gasteiger partial charge >= 0.3 is 12.4 Å². The number of rotatable bonds is 6. The lowest BCUT2D eigenvalue weighted by Crippen LogP contribution is -2.44. The second-order valence-electron chi connectivity index (χ2n) is 6.46. The highest BCUT2D eigenvalue weighted by atomic mass is 19.4. The average Bonchev–Trinajstić information content (AvgIpc) is 3.01. The van der Waals surface area contributed by atoms with Crippen LogP contribution in [0.5, 0.6) is 5.75 Å². The Morgan fingerprint density at radius 1 is 1.21 bits per heavy atom. The number of guanidine groups is 1. The van der Waals surface area contributed by atoms with Crippen LogP contribution in [0.25, 0.3) is 0 Å². The zero-order valence-corrected chi connectivity index (χ0v) is 15.2. The van der Waals surface area contributed by atoms with Crippen LogP contribution in [0, 0.1) is 0 Å². The first-order valence-corrected chi connectivity index (χ1v) is 8.59. The number of aliphatic imine (C=N–C) groups is 1. The van der Waals surface area contributed by atoms with Gasteiger partial charge in [0.25, 0.3) is 0 Å². The Morgan fingerprint density at radius 2 is 1.96 bits per heavy atom. The summed E-state index contributed by atoms with van der Waals surface area (Å²) in [5.74, 6) is 0.499. The van der Waals surface area contributed by atoms with E-state index in [4.69, 9.17) is 4.74 Å². The maximum Gasteiger partial charge on any atom is 0.422 e. The van der Waals surface area contributed by atoms with E-state index >= 15 is 0 Å². The Balaban J connectivity index is 1.81. The number of likely N-dealkylation sites (tertiary alicyclic amines) is 1. The van der Waals surface area contributed by atoms with Crippen molar-refractivity contribution in [3.8, 4) is 5.75 Å². The third kappa shape index (κ3) is 8.24. The summed E-state index contributed by atoms with van der Waals surface area (Å²) in [6, 6.07) is 6.02. The molecule has 1 aliphatic rings. The van der Waals surface area contributed by atoms with Crippen LogP contribution in [0.1, 0.15) is 12.0 Å². The fourth-order valence-corrected chi connectivity index (χ4v) is 2.83. The first-order chi connectivity index (χ1) is 13.0. The molecule has 0 aliphatic carbocycles. The minimum Gasteiger partial charge on any atom is -0.484 e. The van der Waals surface area contributed by atoms with Gasteiger partial charge in [-0.3, -0.25) is 9.89 Å². The molecule has 1 saturated heterocycles.